The first-order valence-electron chi connectivity index (χ1n) is 6.07. The number of carbonyl (C=O) groups is 1. The number of hydrogen-bond acceptors (Lipinski definition) is 2. The van der Waals surface area contributed by atoms with Gasteiger partial charge in [0.15, 0.2) is 0 Å². The Balaban J connectivity index is -0.000000224. The van der Waals surface area contributed by atoms with Crippen LogP contribution < -0.4 is 21.9 Å². The van der Waals surface area contributed by atoms with Gasteiger partial charge in [0, 0.05) is 5.57 Å². The lowest BCUT2D eigenvalue weighted by atomic mass is 10.3. The summed E-state index contributed by atoms with van der Waals surface area (Å²) in [4.78, 5) is 12.1. The van der Waals surface area contributed by atoms with E-state index in [-0.39, 0.29) is 23.0 Å². The first-order chi connectivity index (χ1) is 7.45. The van der Waals surface area contributed by atoms with Crippen LogP contribution in [-0.2, 0) is 9.53 Å². The van der Waals surface area contributed by atoms with E-state index in [4.69, 9.17) is 4.74 Å². The fourth-order valence-electron chi connectivity index (χ4n) is 0.848. The average Bonchev–Trinajstić information content (AvgIpc) is 2.23. The predicted octanol–water partition coefficient (Wildman–Crippen LogP) is -1.55. The molecule has 0 aromatic carbocycles. The van der Waals surface area contributed by atoms with E-state index < -0.39 is 0 Å². The monoisotopic (exact) mass is 309 g/mol. The van der Waals surface area contributed by atoms with Crippen molar-refractivity contribution in [3.05, 3.63) is 12.2 Å². The van der Waals surface area contributed by atoms with Gasteiger partial charge in [-0.25, -0.2) is 4.79 Å². The first kappa shape index (κ1) is 21.9. The number of rotatable bonds is 6. The molecule has 0 fully saturated rings. The largest absolute Gasteiger partial charge is 1.00 e. The Bertz CT molecular complexity index is 194. The molecule has 4 heteroatoms. The standard InChI is InChI=1S/C7H12O2.C6H15N.BrH/c1-4-5-9-7(8)6(2)3;1-4-5-6-7(2)3;/h2,4-5H2,1,3H3;4-6H2,1-3H3;1H. The maximum Gasteiger partial charge on any atom is 0.333 e. The van der Waals surface area contributed by atoms with Crippen LogP contribution in [0.15, 0.2) is 12.2 Å². The molecule has 0 bridgehead atoms. The molecule has 0 unspecified atom stereocenters. The van der Waals surface area contributed by atoms with Gasteiger partial charge >= 0.3 is 5.97 Å². The predicted molar refractivity (Wildman–Crippen MR) is 68.6 cm³/mol. The third-order valence-electron chi connectivity index (χ3n) is 1.82. The molecule has 3 nitrogen and oxygen atoms in total. The average molecular weight is 310 g/mol. The van der Waals surface area contributed by atoms with Crippen LogP contribution in [0.5, 0.6) is 0 Å². The van der Waals surface area contributed by atoms with Crippen LogP contribution in [0, 0.1) is 0 Å². The van der Waals surface area contributed by atoms with Crippen molar-refractivity contribution in [2.45, 2.75) is 40.0 Å². The van der Waals surface area contributed by atoms with Crippen LogP contribution in [0.1, 0.15) is 40.0 Å². The SMILES string of the molecule is C=C(C)C(=O)OCCC.CCCC[NH+](C)C.[Br-]. The normalized spacial score (nSPS) is 8.82. The molecule has 17 heavy (non-hydrogen) atoms. The quantitative estimate of drug-likeness (QED) is 0.476. The fraction of sp³-hybridized carbons (Fsp3) is 0.769. The van der Waals surface area contributed by atoms with E-state index in [2.05, 4.69) is 27.6 Å². The lowest BCUT2D eigenvalue weighted by molar-refractivity contribution is -0.858. The Kier molecular flexibility index (Phi) is 20.1. The summed E-state index contributed by atoms with van der Waals surface area (Å²) in [5.41, 5.74) is 0.462. The van der Waals surface area contributed by atoms with E-state index in [0.717, 1.165) is 6.42 Å². The summed E-state index contributed by atoms with van der Waals surface area (Å²) in [7, 11) is 4.38. The van der Waals surface area contributed by atoms with Crippen molar-refractivity contribution >= 4 is 5.97 Å². The molecule has 0 aliphatic carbocycles. The van der Waals surface area contributed by atoms with E-state index in [0.29, 0.717) is 12.2 Å². The molecule has 1 N–H and O–H groups in total. The molecule has 0 aliphatic heterocycles. The lowest BCUT2D eigenvalue weighted by Crippen LogP contribution is -3.05. The van der Waals surface area contributed by atoms with E-state index in [1.165, 1.54) is 19.4 Å². The van der Waals surface area contributed by atoms with Crippen molar-refractivity contribution in [3.8, 4) is 0 Å². The number of carbonyl (C=O) groups excluding carboxylic acids is 1. The van der Waals surface area contributed by atoms with E-state index in [1.807, 2.05) is 6.92 Å². The van der Waals surface area contributed by atoms with Gasteiger partial charge in [-0.3, -0.25) is 0 Å². The summed E-state index contributed by atoms with van der Waals surface area (Å²) < 4.78 is 4.71. The Labute approximate surface area is 117 Å². The minimum absolute atomic E-state index is 0. The zero-order valence-electron chi connectivity index (χ0n) is 11.9. The number of ether oxygens (including phenoxy) is 1. The number of unbranched alkanes of at least 4 members (excludes halogenated alkanes) is 1. The highest BCUT2D eigenvalue weighted by Gasteiger charge is 1.99. The number of esters is 1. The molecule has 0 aromatic rings. The molecule has 0 aromatic heterocycles. The zero-order valence-corrected chi connectivity index (χ0v) is 13.5. The molecule has 0 radical (unpaired) electrons. The van der Waals surface area contributed by atoms with E-state index in [9.17, 15) is 4.79 Å². The Morgan fingerprint density at radius 3 is 2.00 bits per heavy atom. The Morgan fingerprint density at radius 2 is 1.76 bits per heavy atom. The first-order valence-corrected chi connectivity index (χ1v) is 6.07. The summed E-state index contributed by atoms with van der Waals surface area (Å²) in [6, 6.07) is 0. The molecule has 0 rings (SSSR count). The van der Waals surface area contributed by atoms with Crippen LogP contribution in [0.3, 0.4) is 0 Å². The maximum absolute atomic E-state index is 10.6. The number of quaternary nitrogens is 1. The minimum atomic E-state index is -0.295. The van der Waals surface area contributed by atoms with Crippen LogP contribution in [-0.4, -0.2) is 33.2 Å². The second kappa shape index (κ2) is 15.6. The van der Waals surface area contributed by atoms with Crippen molar-refractivity contribution in [3.63, 3.8) is 0 Å². The molecule has 0 saturated heterocycles. The summed E-state index contributed by atoms with van der Waals surface area (Å²) in [6.07, 6.45) is 3.55. The second-order valence-electron chi connectivity index (χ2n) is 4.23. The van der Waals surface area contributed by atoms with Gasteiger partial charge < -0.3 is 26.6 Å². The number of hydrogen-bond donors (Lipinski definition) is 1. The van der Waals surface area contributed by atoms with E-state index in [1.54, 1.807) is 11.8 Å². The smallest absolute Gasteiger partial charge is 0.333 e. The maximum atomic E-state index is 10.6. The van der Waals surface area contributed by atoms with Gasteiger partial charge in [-0.1, -0.05) is 26.8 Å². The van der Waals surface area contributed by atoms with Gasteiger partial charge in [-0.2, -0.15) is 0 Å². The molecule has 0 atom stereocenters. The third-order valence-corrected chi connectivity index (χ3v) is 1.82. The van der Waals surface area contributed by atoms with Crippen molar-refractivity contribution in [1.82, 2.24) is 0 Å². The van der Waals surface area contributed by atoms with Gasteiger partial charge in [0.2, 0.25) is 0 Å². The Hall–Kier alpha value is -0.350. The molecule has 0 heterocycles. The summed E-state index contributed by atoms with van der Waals surface area (Å²) in [6.45, 7) is 11.1. The molecule has 0 amide bonds. The third kappa shape index (κ3) is 21.5. The van der Waals surface area contributed by atoms with Crippen molar-refractivity contribution in [1.29, 1.82) is 0 Å². The van der Waals surface area contributed by atoms with Crippen molar-refractivity contribution in [2.75, 3.05) is 27.2 Å². The van der Waals surface area contributed by atoms with Crippen LogP contribution in [0.4, 0.5) is 0 Å². The summed E-state index contributed by atoms with van der Waals surface area (Å²) >= 11 is 0. The summed E-state index contributed by atoms with van der Waals surface area (Å²) in [5, 5.41) is 0. The van der Waals surface area contributed by atoms with Crippen molar-refractivity contribution < 1.29 is 31.4 Å². The minimum Gasteiger partial charge on any atom is -1.00 e. The highest BCUT2D eigenvalue weighted by molar-refractivity contribution is 5.86. The lowest BCUT2D eigenvalue weighted by Gasteiger charge is -2.03. The van der Waals surface area contributed by atoms with Crippen LogP contribution in [0.25, 0.3) is 0 Å². The van der Waals surface area contributed by atoms with Gasteiger partial charge in [-0.15, -0.1) is 0 Å². The summed E-state index contributed by atoms with van der Waals surface area (Å²) in [5.74, 6) is -0.295. The molecule has 0 saturated carbocycles. The fourth-order valence-corrected chi connectivity index (χ4v) is 0.848. The van der Waals surface area contributed by atoms with E-state index >= 15 is 0 Å². The molecule has 0 aliphatic rings. The molecule has 0 spiro atoms. The van der Waals surface area contributed by atoms with Crippen molar-refractivity contribution in [2.24, 2.45) is 0 Å². The molecular formula is C13H28BrNO2. The van der Waals surface area contributed by atoms with Gasteiger partial charge in [-0.05, 0) is 19.8 Å². The number of nitrogens with one attached hydrogen (secondary N) is 1. The highest BCUT2D eigenvalue weighted by Crippen LogP contribution is 1.91. The zero-order chi connectivity index (χ0) is 13.0. The topological polar surface area (TPSA) is 30.7 Å². The number of halogens is 1. The molecular weight excluding hydrogens is 282 g/mol. The van der Waals surface area contributed by atoms with Gasteiger partial charge in [0.1, 0.15) is 0 Å². The van der Waals surface area contributed by atoms with Crippen LogP contribution >= 0.6 is 0 Å². The van der Waals surface area contributed by atoms with Gasteiger partial charge in [0.25, 0.3) is 0 Å². The highest BCUT2D eigenvalue weighted by atomic mass is 79.9. The second-order valence-corrected chi connectivity index (χ2v) is 4.23. The van der Waals surface area contributed by atoms with Gasteiger partial charge in [0.05, 0.1) is 27.2 Å². The Morgan fingerprint density at radius 1 is 1.24 bits per heavy atom. The van der Waals surface area contributed by atoms with Crippen LogP contribution in [0.2, 0.25) is 0 Å². The molecule has 104 valence electrons.